The Balaban J connectivity index is 1.03. The van der Waals surface area contributed by atoms with Crippen LogP contribution >= 0.6 is 0 Å². The van der Waals surface area contributed by atoms with Crippen molar-refractivity contribution in [2.75, 3.05) is 50.1 Å². The number of anilines is 2. The van der Waals surface area contributed by atoms with Crippen LogP contribution in [-0.2, 0) is 4.79 Å². The molecule has 1 aromatic heterocycles. The van der Waals surface area contributed by atoms with Crippen LogP contribution < -0.4 is 9.80 Å². The number of carbonyl (C=O) groups is 1. The highest BCUT2D eigenvalue weighted by Gasteiger charge is 2.59. The molecular formula is C34H53N5O2. The first kappa shape index (κ1) is 28.9. The van der Waals surface area contributed by atoms with Gasteiger partial charge in [-0.25, -0.2) is 9.97 Å². The number of hydrogen-bond donors (Lipinski definition) is 1. The molecule has 0 bridgehead atoms. The van der Waals surface area contributed by atoms with Crippen molar-refractivity contribution in [3.05, 3.63) is 24.0 Å². The molecule has 7 heteroatoms. The normalized spacial score (nSPS) is 37.5. The minimum absolute atomic E-state index is 0.127. The molecular weight excluding hydrogens is 510 g/mol. The number of aliphatic hydroxyl groups is 1. The van der Waals surface area contributed by atoms with E-state index < -0.39 is 0 Å². The van der Waals surface area contributed by atoms with Crippen molar-refractivity contribution in [3.63, 3.8) is 0 Å². The number of allylic oxidation sites excluding steroid dienone is 1. The molecule has 8 atom stereocenters. The monoisotopic (exact) mass is 563 g/mol. The van der Waals surface area contributed by atoms with Crippen LogP contribution in [0.5, 0.6) is 0 Å². The first-order chi connectivity index (χ1) is 19.6. The second-order valence-electron chi connectivity index (χ2n) is 14.9. The fourth-order valence-electron chi connectivity index (χ4n) is 10.3. The number of fused-ring (bicyclic) bond motifs is 5. The summed E-state index contributed by atoms with van der Waals surface area (Å²) in [6.07, 6.45) is 15.4. The smallest absolute Gasteiger partial charge is 0.222 e. The minimum atomic E-state index is -0.127. The van der Waals surface area contributed by atoms with E-state index in [2.05, 4.69) is 46.6 Å². The number of carbonyl (C=O) groups excluding carboxylic acids is 1. The predicted octanol–water partition coefficient (Wildman–Crippen LogP) is 5.55. The number of amides is 1. The molecule has 4 aliphatic carbocycles. The Kier molecular flexibility index (Phi) is 7.88. The third kappa shape index (κ3) is 5.19. The molecule has 4 fully saturated rings. The first-order valence-corrected chi connectivity index (χ1v) is 16.5. The Morgan fingerprint density at radius 2 is 1.85 bits per heavy atom. The lowest BCUT2D eigenvalue weighted by atomic mass is 9.47. The average molecular weight is 564 g/mol. The number of hydrogen-bond acceptors (Lipinski definition) is 6. The van der Waals surface area contributed by atoms with Crippen LogP contribution in [0.1, 0.15) is 85.0 Å². The van der Waals surface area contributed by atoms with Crippen molar-refractivity contribution >= 4 is 17.5 Å². The van der Waals surface area contributed by atoms with Gasteiger partial charge in [0, 0.05) is 52.8 Å². The van der Waals surface area contributed by atoms with Gasteiger partial charge in [0.05, 0.1) is 6.10 Å². The quantitative estimate of drug-likeness (QED) is 0.458. The zero-order chi connectivity index (χ0) is 28.9. The van der Waals surface area contributed by atoms with Crippen molar-refractivity contribution in [1.82, 2.24) is 14.9 Å². The summed E-state index contributed by atoms with van der Waals surface area (Å²) in [7, 11) is 3.99. The molecule has 226 valence electrons. The number of nitrogens with zero attached hydrogens (tertiary/aromatic N) is 5. The van der Waals surface area contributed by atoms with Gasteiger partial charge in [0.1, 0.15) is 18.0 Å². The van der Waals surface area contributed by atoms with Crippen LogP contribution in [0, 0.1) is 40.4 Å². The first-order valence-electron chi connectivity index (χ1n) is 16.5. The average Bonchev–Trinajstić information content (AvgIpc) is 3.33. The molecule has 0 aromatic carbocycles. The van der Waals surface area contributed by atoms with Crippen molar-refractivity contribution in [2.24, 2.45) is 40.4 Å². The van der Waals surface area contributed by atoms with Gasteiger partial charge < -0.3 is 19.8 Å². The summed E-state index contributed by atoms with van der Waals surface area (Å²) in [5.74, 6) is 5.91. The maximum atomic E-state index is 13.3. The predicted molar refractivity (Wildman–Crippen MR) is 165 cm³/mol. The van der Waals surface area contributed by atoms with Gasteiger partial charge in [0.2, 0.25) is 5.91 Å². The van der Waals surface area contributed by atoms with Crippen LogP contribution in [-0.4, -0.2) is 72.3 Å². The molecule has 41 heavy (non-hydrogen) atoms. The second kappa shape index (κ2) is 11.2. The van der Waals surface area contributed by atoms with E-state index in [9.17, 15) is 9.90 Å². The second-order valence-corrected chi connectivity index (χ2v) is 14.9. The molecule has 3 saturated carbocycles. The van der Waals surface area contributed by atoms with Gasteiger partial charge >= 0.3 is 0 Å². The molecule has 1 aromatic rings. The van der Waals surface area contributed by atoms with E-state index in [0.29, 0.717) is 29.1 Å². The zero-order valence-electron chi connectivity index (χ0n) is 26.2. The van der Waals surface area contributed by atoms with E-state index in [1.165, 1.54) is 32.1 Å². The molecule has 5 aliphatic rings. The Morgan fingerprint density at radius 3 is 2.61 bits per heavy atom. The maximum absolute atomic E-state index is 13.3. The van der Waals surface area contributed by atoms with Gasteiger partial charge in [-0.3, -0.25) is 4.79 Å². The summed E-state index contributed by atoms with van der Waals surface area (Å²) in [6.45, 7) is 10.8. The lowest BCUT2D eigenvalue weighted by Crippen LogP contribution is -2.51. The van der Waals surface area contributed by atoms with Gasteiger partial charge in [-0.15, -0.1) is 0 Å². The van der Waals surface area contributed by atoms with E-state index in [1.54, 1.807) is 11.9 Å². The highest BCUT2D eigenvalue weighted by atomic mass is 16.3. The van der Waals surface area contributed by atoms with E-state index in [0.717, 1.165) is 87.2 Å². The number of aliphatic hydroxyl groups excluding tert-OH is 1. The van der Waals surface area contributed by atoms with Crippen molar-refractivity contribution < 1.29 is 9.90 Å². The van der Waals surface area contributed by atoms with Crippen LogP contribution in [0.15, 0.2) is 24.0 Å². The largest absolute Gasteiger partial charge is 0.393 e. The van der Waals surface area contributed by atoms with E-state index in [1.807, 2.05) is 25.1 Å². The van der Waals surface area contributed by atoms with Crippen LogP contribution in [0.2, 0.25) is 0 Å². The highest BCUT2D eigenvalue weighted by molar-refractivity contribution is 5.76. The summed E-state index contributed by atoms with van der Waals surface area (Å²) >= 11 is 0. The Labute approximate surface area is 247 Å². The van der Waals surface area contributed by atoms with Gasteiger partial charge in [0.25, 0.3) is 0 Å². The fraction of sp³-hybridized carbons (Fsp3) is 0.794. The minimum Gasteiger partial charge on any atom is -0.393 e. The summed E-state index contributed by atoms with van der Waals surface area (Å²) < 4.78 is 0. The number of aromatic nitrogens is 2. The lowest BCUT2D eigenvalue weighted by molar-refractivity contribution is -0.132. The number of rotatable bonds is 6. The van der Waals surface area contributed by atoms with Crippen LogP contribution in [0.3, 0.4) is 0 Å². The van der Waals surface area contributed by atoms with Crippen LogP contribution in [0.25, 0.3) is 0 Å². The standard InChI is InChI=1S/C34H53N5O2/c1-23(6-11-32(41)39-18-16-38(17-19-39)31-21-30(37(4)5)35-22-36-31)27-9-10-28-26-8-7-24-20-25(40)12-14-33(24,2)29(26)13-15-34(27,28)3/h7,21-23,25-29,40H,6,8-20H2,1-5H3/t23-,25+,26+,27-,28+,29+,33+,34-/m1/s1. The van der Waals surface area contributed by atoms with E-state index in [-0.39, 0.29) is 6.10 Å². The highest BCUT2D eigenvalue weighted by Crippen LogP contribution is 2.67. The molecule has 1 saturated heterocycles. The van der Waals surface area contributed by atoms with Crippen molar-refractivity contribution in [1.29, 1.82) is 0 Å². The zero-order valence-corrected chi connectivity index (χ0v) is 26.2. The topological polar surface area (TPSA) is 72.8 Å². The van der Waals surface area contributed by atoms with Gasteiger partial charge in [-0.05, 0) is 98.2 Å². The summed E-state index contributed by atoms with van der Waals surface area (Å²) in [5, 5.41) is 10.3. The van der Waals surface area contributed by atoms with Gasteiger partial charge in [-0.1, -0.05) is 32.4 Å². The molecule has 6 rings (SSSR count). The van der Waals surface area contributed by atoms with E-state index in [4.69, 9.17) is 0 Å². The Hall–Kier alpha value is -2.15. The van der Waals surface area contributed by atoms with Gasteiger partial charge in [-0.2, -0.15) is 0 Å². The molecule has 0 unspecified atom stereocenters. The van der Waals surface area contributed by atoms with Crippen molar-refractivity contribution in [2.45, 2.75) is 91.1 Å². The van der Waals surface area contributed by atoms with Gasteiger partial charge in [0.15, 0.2) is 0 Å². The van der Waals surface area contributed by atoms with E-state index >= 15 is 0 Å². The summed E-state index contributed by atoms with van der Waals surface area (Å²) in [5.41, 5.74) is 2.29. The maximum Gasteiger partial charge on any atom is 0.222 e. The Morgan fingerprint density at radius 1 is 1.07 bits per heavy atom. The molecule has 0 radical (unpaired) electrons. The molecule has 0 spiro atoms. The number of piperazine rings is 1. The fourth-order valence-corrected chi connectivity index (χ4v) is 10.3. The third-order valence-corrected chi connectivity index (χ3v) is 12.7. The molecule has 1 N–H and O–H groups in total. The lowest BCUT2D eigenvalue weighted by Gasteiger charge is -2.58. The Bertz CT molecular complexity index is 1150. The molecule has 2 heterocycles. The summed E-state index contributed by atoms with van der Waals surface area (Å²) in [4.78, 5) is 28.5. The van der Waals surface area contributed by atoms with Crippen molar-refractivity contribution in [3.8, 4) is 0 Å². The molecule has 1 aliphatic heterocycles. The SMILES string of the molecule is C[C@H](CCC(=O)N1CCN(c2cc(N(C)C)ncn2)CC1)[C@H]1CC[C@H]2[C@@H]3CC=C4C[C@@H](O)CC[C@]4(C)[C@H]3CC[C@]12C. The molecule has 1 amide bonds. The van der Waals surface area contributed by atoms with Crippen LogP contribution in [0.4, 0.5) is 11.6 Å². The summed E-state index contributed by atoms with van der Waals surface area (Å²) in [6, 6.07) is 2.03. The molecule has 7 nitrogen and oxygen atoms in total. The third-order valence-electron chi connectivity index (χ3n) is 12.7.